The zero-order valence-electron chi connectivity index (χ0n) is 10.3. The number of aryl methyl sites for hydroxylation is 1. The first-order chi connectivity index (χ1) is 9.24. The molecule has 0 spiro atoms. The van der Waals surface area contributed by atoms with Gasteiger partial charge in [-0.3, -0.25) is 9.78 Å². The van der Waals surface area contributed by atoms with Crippen LogP contribution in [0.3, 0.4) is 0 Å². The number of hydrogen-bond acceptors (Lipinski definition) is 4. The van der Waals surface area contributed by atoms with Crippen molar-refractivity contribution in [2.45, 2.75) is 10.9 Å². The minimum atomic E-state index is -0.152. The molecule has 0 aliphatic carbocycles. The fourth-order valence-electron chi connectivity index (χ4n) is 1.84. The van der Waals surface area contributed by atoms with Crippen molar-refractivity contribution in [2.75, 3.05) is 0 Å². The zero-order chi connectivity index (χ0) is 13.2. The molecular weight excluding hydrogens is 260 g/mol. The van der Waals surface area contributed by atoms with Crippen molar-refractivity contribution in [2.24, 2.45) is 7.05 Å². The normalized spacial score (nSPS) is 11.0. The molecule has 0 radical (unpaired) electrons. The van der Waals surface area contributed by atoms with Crippen molar-refractivity contribution in [3.63, 3.8) is 0 Å². The molecule has 1 N–H and O–H groups in total. The second-order valence-electron chi connectivity index (χ2n) is 4.17. The Balaban J connectivity index is 1.88. The number of nitrogens with zero attached hydrogens (tertiary/aromatic N) is 3. The van der Waals surface area contributed by atoms with Gasteiger partial charge in [0.05, 0.1) is 6.33 Å². The van der Waals surface area contributed by atoms with E-state index in [2.05, 4.69) is 15.0 Å². The minimum absolute atomic E-state index is 0.152. The monoisotopic (exact) mass is 272 g/mol. The Hall–Kier alpha value is -2.08. The smallest absolute Gasteiger partial charge is 0.277 e. The highest BCUT2D eigenvalue weighted by Gasteiger charge is 2.08. The molecule has 0 atom stereocenters. The van der Waals surface area contributed by atoms with Crippen molar-refractivity contribution in [1.29, 1.82) is 0 Å². The van der Waals surface area contributed by atoms with Crippen LogP contribution in [0.2, 0.25) is 0 Å². The lowest BCUT2D eigenvalue weighted by Crippen LogP contribution is -2.11. The van der Waals surface area contributed by atoms with Gasteiger partial charge in [-0.1, -0.05) is 42.1 Å². The maximum Gasteiger partial charge on any atom is 0.277 e. The highest BCUT2D eigenvalue weighted by Crippen LogP contribution is 2.19. The molecule has 0 bridgehead atoms. The van der Waals surface area contributed by atoms with Crippen molar-refractivity contribution in [3.05, 3.63) is 52.6 Å². The van der Waals surface area contributed by atoms with Gasteiger partial charge in [0.15, 0.2) is 16.3 Å². The summed E-state index contributed by atoms with van der Waals surface area (Å²) in [7, 11) is 1.78. The first kappa shape index (κ1) is 12.0. The molecule has 0 amide bonds. The summed E-state index contributed by atoms with van der Waals surface area (Å²) in [5.41, 5.74) is 2.03. The van der Waals surface area contributed by atoms with Gasteiger partial charge in [0, 0.05) is 12.8 Å². The molecule has 0 fully saturated rings. The highest BCUT2D eigenvalue weighted by atomic mass is 32.2. The number of fused-ring (bicyclic) bond motifs is 1. The van der Waals surface area contributed by atoms with Crippen LogP contribution in [0.1, 0.15) is 5.56 Å². The van der Waals surface area contributed by atoms with E-state index in [1.807, 2.05) is 30.3 Å². The van der Waals surface area contributed by atoms with E-state index < -0.39 is 0 Å². The third-order valence-electron chi connectivity index (χ3n) is 2.78. The summed E-state index contributed by atoms with van der Waals surface area (Å²) in [5.74, 6) is 0.766. The Morgan fingerprint density at radius 1 is 1.32 bits per heavy atom. The summed E-state index contributed by atoms with van der Waals surface area (Å²) < 4.78 is 1.67. The number of aromatic nitrogens is 4. The molecule has 2 heterocycles. The molecule has 19 heavy (non-hydrogen) atoms. The molecule has 96 valence electrons. The topological polar surface area (TPSA) is 63.6 Å². The Kier molecular flexibility index (Phi) is 3.08. The van der Waals surface area contributed by atoms with Gasteiger partial charge < -0.3 is 4.57 Å². The SMILES string of the molecule is Cn1cnc2nc(SCc3ccccc3)[nH]c(=O)c21. The summed E-state index contributed by atoms with van der Waals surface area (Å²) in [4.78, 5) is 23.2. The third-order valence-corrected chi connectivity index (χ3v) is 3.72. The van der Waals surface area contributed by atoms with E-state index in [0.29, 0.717) is 16.3 Å². The number of imidazole rings is 1. The lowest BCUT2D eigenvalue weighted by atomic mass is 10.2. The summed E-state index contributed by atoms with van der Waals surface area (Å²) in [6.07, 6.45) is 1.60. The van der Waals surface area contributed by atoms with Crippen LogP contribution in [-0.4, -0.2) is 19.5 Å². The fraction of sp³-hybridized carbons (Fsp3) is 0.154. The standard InChI is InChI=1S/C13H12N4OS/c1-17-8-14-11-10(17)12(18)16-13(15-11)19-7-9-5-3-2-4-6-9/h2-6,8H,7H2,1H3,(H,15,16,18). The first-order valence-corrected chi connectivity index (χ1v) is 6.80. The highest BCUT2D eigenvalue weighted by molar-refractivity contribution is 7.98. The number of thioether (sulfide) groups is 1. The van der Waals surface area contributed by atoms with Gasteiger partial charge >= 0.3 is 0 Å². The second-order valence-corrected chi connectivity index (χ2v) is 5.14. The van der Waals surface area contributed by atoms with Crippen LogP contribution in [-0.2, 0) is 12.8 Å². The van der Waals surface area contributed by atoms with Gasteiger partial charge in [-0.2, -0.15) is 0 Å². The molecule has 0 unspecified atom stereocenters. The van der Waals surface area contributed by atoms with Gasteiger partial charge in [-0.05, 0) is 5.56 Å². The third kappa shape index (κ3) is 2.39. The molecule has 1 aromatic carbocycles. The van der Waals surface area contributed by atoms with Crippen molar-refractivity contribution >= 4 is 22.9 Å². The summed E-state index contributed by atoms with van der Waals surface area (Å²) >= 11 is 1.50. The molecule has 0 saturated heterocycles. The van der Waals surface area contributed by atoms with Crippen LogP contribution in [0, 0.1) is 0 Å². The van der Waals surface area contributed by atoms with E-state index in [-0.39, 0.29) is 5.56 Å². The quantitative estimate of drug-likeness (QED) is 0.584. The summed E-state index contributed by atoms with van der Waals surface area (Å²) in [6.45, 7) is 0. The average molecular weight is 272 g/mol. The van der Waals surface area contributed by atoms with E-state index in [0.717, 1.165) is 5.75 Å². The van der Waals surface area contributed by atoms with Crippen molar-refractivity contribution in [3.8, 4) is 0 Å². The Morgan fingerprint density at radius 2 is 2.11 bits per heavy atom. The molecular formula is C13H12N4OS. The number of H-pyrrole nitrogens is 1. The molecule has 0 aliphatic rings. The van der Waals surface area contributed by atoms with E-state index in [1.54, 1.807) is 17.9 Å². The van der Waals surface area contributed by atoms with Crippen molar-refractivity contribution < 1.29 is 0 Å². The van der Waals surface area contributed by atoms with E-state index >= 15 is 0 Å². The minimum Gasteiger partial charge on any atom is -0.328 e. The maximum absolute atomic E-state index is 11.9. The van der Waals surface area contributed by atoms with Crippen LogP contribution in [0.5, 0.6) is 0 Å². The molecule has 3 rings (SSSR count). The van der Waals surface area contributed by atoms with Gasteiger partial charge in [0.1, 0.15) is 0 Å². The lowest BCUT2D eigenvalue weighted by molar-refractivity contribution is 0.919. The average Bonchev–Trinajstić information content (AvgIpc) is 2.80. The predicted molar refractivity (Wildman–Crippen MR) is 75.1 cm³/mol. The maximum atomic E-state index is 11.9. The Bertz CT molecular complexity index is 763. The summed E-state index contributed by atoms with van der Waals surface area (Å²) in [5, 5.41) is 0.597. The van der Waals surface area contributed by atoms with Crippen LogP contribution < -0.4 is 5.56 Å². The van der Waals surface area contributed by atoms with Gasteiger partial charge in [-0.25, -0.2) is 9.97 Å². The van der Waals surface area contributed by atoms with Gasteiger partial charge in [0.2, 0.25) is 0 Å². The second kappa shape index (κ2) is 4.89. The number of benzene rings is 1. The number of aromatic amines is 1. The molecule has 0 aliphatic heterocycles. The Labute approximate surface area is 113 Å². The molecule has 0 saturated carbocycles. The zero-order valence-corrected chi connectivity index (χ0v) is 11.1. The van der Waals surface area contributed by atoms with Crippen LogP contribution >= 0.6 is 11.8 Å². The fourth-order valence-corrected chi connectivity index (χ4v) is 2.65. The molecule has 2 aromatic heterocycles. The lowest BCUT2D eigenvalue weighted by Gasteiger charge is -2.01. The first-order valence-electron chi connectivity index (χ1n) is 5.82. The van der Waals surface area contributed by atoms with E-state index in [9.17, 15) is 4.79 Å². The molecule has 5 nitrogen and oxygen atoms in total. The number of rotatable bonds is 3. The predicted octanol–water partition coefficient (Wildman–Crippen LogP) is 1.95. The van der Waals surface area contributed by atoms with Crippen molar-refractivity contribution in [1.82, 2.24) is 19.5 Å². The van der Waals surface area contributed by atoms with Crippen LogP contribution in [0.4, 0.5) is 0 Å². The Morgan fingerprint density at radius 3 is 2.89 bits per heavy atom. The van der Waals surface area contributed by atoms with Crippen LogP contribution in [0.15, 0.2) is 46.6 Å². The molecule has 6 heteroatoms. The van der Waals surface area contributed by atoms with E-state index in [4.69, 9.17) is 0 Å². The summed E-state index contributed by atoms with van der Waals surface area (Å²) in [6, 6.07) is 10.1. The number of hydrogen-bond donors (Lipinski definition) is 1. The van der Waals surface area contributed by atoms with Crippen LogP contribution in [0.25, 0.3) is 11.2 Å². The largest absolute Gasteiger partial charge is 0.328 e. The van der Waals surface area contributed by atoms with Gasteiger partial charge in [0.25, 0.3) is 5.56 Å². The molecule has 3 aromatic rings. The number of nitrogens with one attached hydrogen (secondary N) is 1. The van der Waals surface area contributed by atoms with Gasteiger partial charge in [-0.15, -0.1) is 0 Å². The van der Waals surface area contributed by atoms with E-state index in [1.165, 1.54) is 17.3 Å².